The van der Waals surface area contributed by atoms with Crippen molar-refractivity contribution in [3.63, 3.8) is 0 Å². The summed E-state index contributed by atoms with van der Waals surface area (Å²) in [5, 5.41) is 0.978. The van der Waals surface area contributed by atoms with Gasteiger partial charge < -0.3 is 13.9 Å². The molecule has 0 radical (unpaired) electrons. The van der Waals surface area contributed by atoms with E-state index in [-0.39, 0.29) is 11.2 Å². The maximum absolute atomic E-state index is 13.1. The predicted molar refractivity (Wildman–Crippen MR) is 116 cm³/mol. The van der Waals surface area contributed by atoms with Crippen LogP contribution in [0.15, 0.2) is 75.9 Å². The third-order valence-electron chi connectivity index (χ3n) is 4.71. The van der Waals surface area contributed by atoms with Gasteiger partial charge in [0.15, 0.2) is 0 Å². The molecule has 0 amide bonds. The van der Waals surface area contributed by atoms with E-state index in [1.54, 1.807) is 67.6 Å². The Balaban J connectivity index is 1.72. The summed E-state index contributed by atoms with van der Waals surface area (Å²) in [5.41, 5.74) is 1.66. The number of carbonyl (C=O) groups excluding carboxylic acids is 1. The second-order valence-electron chi connectivity index (χ2n) is 6.62. The Morgan fingerprint density at radius 2 is 1.73 bits per heavy atom. The van der Waals surface area contributed by atoms with E-state index in [1.165, 1.54) is 13.2 Å². The summed E-state index contributed by atoms with van der Waals surface area (Å²) in [5.74, 6) is 0.574. The number of methoxy groups -OCH3 is 1. The van der Waals surface area contributed by atoms with E-state index < -0.39 is 5.97 Å². The van der Waals surface area contributed by atoms with Crippen LogP contribution in [0.4, 0.5) is 0 Å². The molecule has 0 aliphatic heterocycles. The fourth-order valence-electron chi connectivity index (χ4n) is 3.27. The molecule has 3 aromatic carbocycles. The van der Waals surface area contributed by atoms with Crippen molar-refractivity contribution in [1.29, 1.82) is 0 Å². The fourth-order valence-corrected chi connectivity index (χ4v) is 3.40. The molecule has 0 fully saturated rings. The molecular weight excluding hydrogens is 404 g/mol. The molecule has 0 atom stereocenters. The number of hydrogen-bond donors (Lipinski definition) is 0. The van der Waals surface area contributed by atoms with E-state index >= 15 is 0 Å². The van der Waals surface area contributed by atoms with E-state index in [0.717, 1.165) is 5.56 Å². The normalized spacial score (nSPS) is 10.8. The maximum atomic E-state index is 13.1. The monoisotopic (exact) mass is 420 g/mol. The average molecular weight is 421 g/mol. The second-order valence-corrected chi connectivity index (χ2v) is 7.05. The number of benzene rings is 3. The van der Waals surface area contributed by atoms with Gasteiger partial charge in [0.2, 0.25) is 5.43 Å². The van der Waals surface area contributed by atoms with Crippen LogP contribution >= 0.6 is 11.6 Å². The highest BCUT2D eigenvalue weighted by atomic mass is 35.5. The molecule has 4 aromatic rings. The Kier molecular flexibility index (Phi) is 5.29. The minimum Gasteiger partial charge on any atom is -0.496 e. The van der Waals surface area contributed by atoms with Crippen LogP contribution in [0, 0.1) is 6.92 Å². The quantitative estimate of drug-likeness (QED) is 0.315. The third-order valence-corrected chi connectivity index (χ3v) is 4.96. The summed E-state index contributed by atoms with van der Waals surface area (Å²) in [6.45, 7) is 1.72. The van der Waals surface area contributed by atoms with Crippen molar-refractivity contribution in [2.24, 2.45) is 0 Å². The first-order chi connectivity index (χ1) is 14.5. The minimum atomic E-state index is -0.566. The maximum Gasteiger partial charge on any atom is 0.347 e. The summed E-state index contributed by atoms with van der Waals surface area (Å²) >= 11 is 5.95. The molecule has 1 aromatic heterocycles. The summed E-state index contributed by atoms with van der Waals surface area (Å²) in [7, 11) is 1.48. The van der Waals surface area contributed by atoms with E-state index in [2.05, 4.69) is 0 Å². The molecule has 4 rings (SSSR count). The van der Waals surface area contributed by atoms with Crippen LogP contribution in [0.25, 0.3) is 22.1 Å². The van der Waals surface area contributed by atoms with Gasteiger partial charge in [0.25, 0.3) is 0 Å². The van der Waals surface area contributed by atoms with Crippen molar-refractivity contribution in [1.82, 2.24) is 0 Å². The van der Waals surface area contributed by atoms with Crippen LogP contribution in [0.3, 0.4) is 0 Å². The highest BCUT2D eigenvalue weighted by molar-refractivity contribution is 6.30. The molecular formula is C24H17ClO5. The third kappa shape index (κ3) is 3.67. The van der Waals surface area contributed by atoms with Crippen LogP contribution in [-0.4, -0.2) is 13.1 Å². The molecule has 30 heavy (non-hydrogen) atoms. The van der Waals surface area contributed by atoms with Crippen molar-refractivity contribution >= 4 is 28.5 Å². The van der Waals surface area contributed by atoms with Crippen molar-refractivity contribution in [3.05, 3.63) is 93.3 Å². The molecule has 0 spiro atoms. The highest BCUT2D eigenvalue weighted by Gasteiger charge is 2.17. The number of aryl methyl sites for hydroxylation is 1. The molecule has 5 nitrogen and oxygen atoms in total. The largest absolute Gasteiger partial charge is 0.496 e. The Hall–Kier alpha value is -3.57. The second kappa shape index (κ2) is 8.05. The van der Waals surface area contributed by atoms with Gasteiger partial charge in [0.05, 0.1) is 18.1 Å². The van der Waals surface area contributed by atoms with Crippen LogP contribution < -0.4 is 14.9 Å². The number of hydrogen-bond acceptors (Lipinski definition) is 5. The Labute approximate surface area is 177 Å². The van der Waals surface area contributed by atoms with Crippen LogP contribution in [0.1, 0.15) is 16.1 Å². The van der Waals surface area contributed by atoms with Gasteiger partial charge in [-0.15, -0.1) is 0 Å². The van der Waals surface area contributed by atoms with E-state index in [0.29, 0.717) is 38.6 Å². The van der Waals surface area contributed by atoms with Gasteiger partial charge in [0.1, 0.15) is 28.4 Å². The molecule has 0 N–H and O–H groups in total. The van der Waals surface area contributed by atoms with Gasteiger partial charge in [-0.3, -0.25) is 4.79 Å². The molecule has 6 heteroatoms. The molecule has 0 unspecified atom stereocenters. The number of halogens is 1. The summed E-state index contributed by atoms with van der Waals surface area (Å²) in [4.78, 5) is 25.6. The predicted octanol–water partition coefficient (Wildman–Crippen LogP) is 5.65. The SMILES string of the molecule is COc1ccccc1C(=O)Oc1ccc2c(=O)c(-c3ccc(Cl)cc3)c(C)oc2c1. The van der Waals surface area contributed by atoms with E-state index in [9.17, 15) is 9.59 Å². The zero-order chi connectivity index (χ0) is 21.3. The van der Waals surface area contributed by atoms with Gasteiger partial charge in [-0.1, -0.05) is 35.9 Å². The van der Waals surface area contributed by atoms with Crippen molar-refractivity contribution < 1.29 is 18.7 Å². The zero-order valence-corrected chi connectivity index (χ0v) is 17.0. The standard InChI is InChI=1S/C24H17ClO5/c1-14-22(15-7-9-16(25)10-8-15)23(26)18-12-11-17(13-21(18)29-14)30-24(27)19-5-3-4-6-20(19)28-2/h3-13H,1-2H3. The number of carbonyl (C=O) groups is 1. The van der Waals surface area contributed by atoms with Crippen molar-refractivity contribution in [3.8, 4) is 22.6 Å². The lowest BCUT2D eigenvalue weighted by Crippen LogP contribution is -2.11. The smallest absolute Gasteiger partial charge is 0.347 e. The summed E-state index contributed by atoms with van der Waals surface area (Å²) in [6, 6.07) is 18.5. The highest BCUT2D eigenvalue weighted by Crippen LogP contribution is 2.28. The summed E-state index contributed by atoms with van der Waals surface area (Å²) in [6.07, 6.45) is 0. The Morgan fingerprint density at radius 3 is 2.47 bits per heavy atom. The van der Waals surface area contributed by atoms with E-state index in [1.807, 2.05) is 0 Å². The van der Waals surface area contributed by atoms with Gasteiger partial charge >= 0.3 is 5.97 Å². The molecule has 0 bridgehead atoms. The van der Waals surface area contributed by atoms with Gasteiger partial charge in [-0.05, 0) is 48.9 Å². The number of esters is 1. The number of para-hydroxylation sites is 1. The van der Waals surface area contributed by atoms with Crippen LogP contribution in [-0.2, 0) is 0 Å². The minimum absolute atomic E-state index is 0.168. The zero-order valence-electron chi connectivity index (χ0n) is 16.3. The lowest BCUT2D eigenvalue weighted by molar-refractivity contribution is 0.0731. The Morgan fingerprint density at radius 1 is 1.00 bits per heavy atom. The molecule has 0 aliphatic carbocycles. The lowest BCUT2D eigenvalue weighted by Gasteiger charge is -2.10. The van der Waals surface area contributed by atoms with Crippen molar-refractivity contribution in [2.75, 3.05) is 7.11 Å². The first-order valence-corrected chi connectivity index (χ1v) is 9.54. The van der Waals surface area contributed by atoms with Crippen LogP contribution in [0.2, 0.25) is 5.02 Å². The number of fused-ring (bicyclic) bond motifs is 1. The fraction of sp³-hybridized carbons (Fsp3) is 0.0833. The average Bonchev–Trinajstić information content (AvgIpc) is 2.74. The molecule has 0 saturated carbocycles. The molecule has 0 saturated heterocycles. The van der Waals surface area contributed by atoms with Gasteiger partial charge in [-0.2, -0.15) is 0 Å². The number of ether oxygens (including phenoxy) is 2. The first-order valence-electron chi connectivity index (χ1n) is 9.16. The van der Waals surface area contributed by atoms with Gasteiger partial charge in [-0.25, -0.2) is 4.79 Å². The summed E-state index contributed by atoms with van der Waals surface area (Å²) < 4.78 is 16.5. The van der Waals surface area contributed by atoms with Gasteiger partial charge in [0, 0.05) is 11.1 Å². The molecule has 150 valence electrons. The van der Waals surface area contributed by atoms with Crippen LogP contribution in [0.5, 0.6) is 11.5 Å². The van der Waals surface area contributed by atoms with Crippen molar-refractivity contribution in [2.45, 2.75) is 6.92 Å². The first kappa shape index (κ1) is 19.7. The number of rotatable bonds is 4. The topological polar surface area (TPSA) is 65.7 Å². The van der Waals surface area contributed by atoms with E-state index in [4.69, 9.17) is 25.5 Å². The Bertz CT molecular complexity index is 1310. The lowest BCUT2D eigenvalue weighted by atomic mass is 10.0. The molecule has 0 aliphatic rings. The molecule has 1 heterocycles.